The van der Waals surface area contributed by atoms with Gasteiger partial charge in [-0.15, -0.1) is 0 Å². The van der Waals surface area contributed by atoms with E-state index in [0.29, 0.717) is 0 Å². The summed E-state index contributed by atoms with van der Waals surface area (Å²) < 4.78 is 4.86. The smallest absolute Gasteiger partial charge is 0.0547 e. The quantitative estimate of drug-likeness (QED) is 0.162. The molecule has 0 bridgehead atoms. The van der Waals surface area contributed by atoms with Gasteiger partial charge in [0.25, 0.3) is 0 Å². The fourth-order valence-corrected chi connectivity index (χ4v) is 8.65. The Morgan fingerprint density at radius 2 is 0.625 bits per heavy atom. The van der Waals surface area contributed by atoms with Crippen LogP contribution in [0.3, 0.4) is 0 Å². The number of hydrogen-bond donors (Lipinski definition) is 0. The Labute approximate surface area is 325 Å². The van der Waals surface area contributed by atoms with Crippen LogP contribution in [-0.4, -0.2) is 9.13 Å². The van der Waals surface area contributed by atoms with Gasteiger partial charge >= 0.3 is 0 Å². The van der Waals surface area contributed by atoms with Crippen LogP contribution in [0.1, 0.15) is 0 Å². The molecule has 0 amide bonds. The summed E-state index contributed by atoms with van der Waals surface area (Å²) in [5, 5.41) is 4.98. The van der Waals surface area contributed by atoms with Crippen LogP contribution in [0.5, 0.6) is 0 Å². The Morgan fingerprint density at radius 3 is 1.27 bits per heavy atom. The molecule has 0 unspecified atom stereocenters. The molecule has 11 rings (SSSR count). The highest BCUT2D eigenvalue weighted by atomic mass is 15.0. The van der Waals surface area contributed by atoms with Crippen LogP contribution < -0.4 is 0 Å². The second kappa shape index (κ2) is 13.2. The zero-order valence-corrected chi connectivity index (χ0v) is 30.7. The van der Waals surface area contributed by atoms with E-state index in [1.165, 1.54) is 88.1 Å². The summed E-state index contributed by atoms with van der Waals surface area (Å²) in [6, 6.07) is 79.5. The molecule has 2 heteroatoms. The molecule has 0 saturated carbocycles. The molecule has 0 spiro atoms. The van der Waals surface area contributed by atoms with Crippen molar-refractivity contribution >= 4 is 43.6 Å². The van der Waals surface area contributed by atoms with Crippen molar-refractivity contribution in [3.63, 3.8) is 0 Å². The van der Waals surface area contributed by atoms with Crippen molar-refractivity contribution in [1.82, 2.24) is 9.13 Å². The molecular formula is C54H36N2. The van der Waals surface area contributed by atoms with Crippen molar-refractivity contribution in [1.29, 1.82) is 0 Å². The van der Waals surface area contributed by atoms with Gasteiger partial charge in [0, 0.05) is 32.9 Å². The summed E-state index contributed by atoms with van der Waals surface area (Å²) in [5.41, 5.74) is 16.7. The van der Waals surface area contributed by atoms with Crippen LogP contribution in [0.2, 0.25) is 0 Å². The lowest BCUT2D eigenvalue weighted by atomic mass is 9.98. The average molecular weight is 713 g/mol. The van der Waals surface area contributed by atoms with Crippen LogP contribution in [0, 0.1) is 0 Å². The molecule has 0 aliphatic carbocycles. The first-order valence-corrected chi connectivity index (χ1v) is 19.3. The van der Waals surface area contributed by atoms with Gasteiger partial charge in [0.2, 0.25) is 0 Å². The SMILES string of the molecule is c1ccc(-c2cccc(-n3c4ccccc4c4cc(-c5ccc6c7ccccc7n(-c7cc(-c8ccccc8)cc(-c8ccccc8)c7)c6c5)ccc43)c2)cc1. The van der Waals surface area contributed by atoms with Crippen molar-refractivity contribution in [2.75, 3.05) is 0 Å². The van der Waals surface area contributed by atoms with Gasteiger partial charge in [-0.1, -0.05) is 158 Å². The van der Waals surface area contributed by atoms with Crippen LogP contribution in [0.25, 0.3) is 99.5 Å². The molecule has 0 atom stereocenters. The maximum Gasteiger partial charge on any atom is 0.0547 e. The van der Waals surface area contributed by atoms with Crippen LogP contribution in [0.15, 0.2) is 218 Å². The predicted octanol–water partition coefficient (Wildman–Crippen LogP) is 14.5. The Morgan fingerprint density at radius 1 is 0.196 bits per heavy atom. The monoisotopic (exact) mass is 712 g/mol. The molecule has 0 radical (unpaired) electrons. The number of para-hydroxylation sites is 2. The lowest BCUT2D eigenvalue weighted by molar-refractivity contribution is 1.18. The third-order valence-electron chi connectivity index (χ3n) is 11.3. The topological polar surface area (TPSA) is 9.86 Å². The van der Waals surface area contributed by atoms with E-state index < -0.39 is 0 Å². The van der Waals surface area contributed by atoms with Crippen molar-refractivity contribution < 1.29 is 0 Å². The highest BCUT2D eigenvalue weighted by Gasteiger charge is 2.17. The molecule has 11 aromatic rings. The molecular weight excluding hydrogens is 677 g/mol. The lowest BCUT2D eigenvalue weighted by Gasteiger charge is -2.14. The molecule has 56 heavy (non-hydrogen) atoms. The van der Waals surface area contributed by atoms with E-state index in [1.807, 2.05) is 0 Å². The summed E-state index contributed by atoms with van der Waals surface area (Å²) in [5.74, 6) is 0. The maximum atomic E-state index is 2.46. The van der Waals surface area contributed by atoms with Crippen LogP contribution in [-0.2, 0) is 0 Å². The van der Waals surface area contributed by atoms with Crippen molar-refractivity contribution in [3.05, 3.63) is 218 Å². The van der Waals surface area contributed by atoms with E-state index in [2.05, 4.69) is 228 Å². The van der Waals surface area contributed by atoms with Crippen molar-refractivity contribution in [3.8, 4) is 55.9 Å². The Balaban J connectivity index is 1.10. The van der Waals surface area contributed by atoms with Gasteiger partial charge < -0.3 is 9.13 Å². The first-order valence-electron chi connectivity index (χ1n) is 19.3. The third-order valence-corrected chi connectivity index (χ3v) is 11.3. The molecule has 0 saturated heterocycles. The average Bonchev–Trinajstić information content (AvgIpc) is 3.79. The molecule has 0 fully saturated rings. The second-order valence-electron chi connectivity index (χ2n) is 14.6. The van der Waals surface area contributed by atoms with Gasteiger partial charge in [-0.25, -0.2) is 0 Å². The summed E-state index contributed by atoms with van der Waals surface area (Å²) in [6.45, 7) is 0. The van der Waals surface area contributed by atoms with E-state index >= 15 is 0 Å². The summed E-state index contributed by atoms with van der Waals surface area (Å²) >= 11 is 0. The standard InChI is InChI=1S/C54H36N2/c1-4-15-37(16-5-1)40-21-14-22-45(32-40)55-52-26-13-11-24-48(52)50-35-41(28-30-53(50)55)42-27-29-49-47-23-10-12-25-51(47)56(54(49)36-42)46-33-43(38-17-6-2-7-18-38)31-44(34-46)39-19-8-3-9-20-39/h1-36H. The second-order valence-corrected chi connectivity index (χ2v) is 14.6. The summed E-state index contributed by atoms with van der Waals surface area (Å²) in [4.78, 5) is 0. The zero-order chi connectivity index (χ0) is 37.0. The predicted molar refractivity (Wildman–Crippen MR) is 237 cm³/mol. The normalized spacial score (nSPS) is 11.6. The molecule has 2 heterocycles. The molecule has 0 aliphatic rings. The van der Waals surface area contributed by atoms with E-state index in [1.54, 1.807) is 0 Å². The van der Waals surface area contributed by atoms with E-state index in [0.717, 1.165) is 11.4 Å². The molecule has 9 aromatic carbocycles. The molecule has 0 aliphatic heterocycles. The Hall–Kier alpha value is -7.42. The fourth-order valence-electron chi connectivity index (χ4n) is 8.65. The molecule has 2 nitrogen and oxygen atoms in total. The van der Waals surface area contributed by atoms with Gasteiger partial charge in [0.15, 0.2) is 0 Å². The number of rotatable bonds is 6. The maximum absolute atomic E-state index is 2.46. The fraction of sp³-hybridized carbons (Fsp3) is 0. The van der Waals surface area contributed by atoms with E-state index in [4.69, 9.17) is 0 Å². The first kappa shape index (κ1) is 32.0. The number of hydrogen-bond acceptors (Lipinski definition) is 0. The largest absolute Gasteiger partial charge is 0.309 e. The minimum atomic E-state index is 1.14. The number of fused-ring (bicyclic) bond motifs is 6. The Kier molecular flexibility index (Phi) is 7.53. The van der Waals surface area contributed by atoms with Crippen molar-refractivity contribution in [2.24, 2.45) is 0 Å². The Bertz CT molecular complexity index is 3170. The van der Waals surface area contributed by atoms with Gasteiger partial charge in [0.1, 0.15) is 0 Å². The van der Waals surface area contributed by atoms with E-state index in [9.17, 15) is 0 Å². The van der Waals surface area contributed by atoms with E-state index in [-0.39, 0.29) is 0 Å². The van der Waals surface area contributed by atoms with Gasteiger partial charge in [-0.05, 0) is 105 Å². The van der Waals surface area contributed by atoms with Crippen molar-refractivity contribution in [2.45, 2.75) is 0 Å². The van der Waals surface area contributed by atoms with Crippen LogP contribution in [0.4, 0.5) is 0 Å². The lowest BCUT2D eigenvalue weighted by Crippen LogP contribution is -1.96. The highest BCUT2D eigenvalue weighted by Crippen LogP contribution is 2.40. The minimum absolute atomic E-state index is 1.14. The van der Waals surface area contributed by atoms with Gasteiger partial charge in [-0.2, -0.15) is 0 Å². The summed E-state index contributed by atoms with van der Waals surface area (Å²) in [6.07, 6.45) is 0. The van der Waals surface area contributed by atoms with Gasteiger partial charge in [-0.3, -0.25) is 0 Å². The minimum Gasteiger partial charge on any atom is -0.309 e. The third kappa shape index (κ3) is 5.34. The zero-order valence-electron chi connectivity index (χ0n) is 30.7. The summed E-state index contributed by atoms with van der Waals surface area (Å²) in [7, 11) is 0. The highest BCUT2D eigenvalue weighted by molar-refractivity contribution is 6.12. The molecule has 2 aromatic heterocycles. The number of nitrogens with zero attached hydrogens (tertiary/aromatic N) is 2. The molecule has 0 N–H and O–H groups in total. The number of aromatic nitrogens is 2. The molecule has 262 valence electrons. The van der Waals surface area contributed by atoms with Crippen LogP contribution >= 0.6 is 0 Å². The first-order chi connectivity index (χ1) is 27.8. The number of benzene rings is 9. The van der Waals surface area contributed by atoms with Gasteiger partial charge in [0.05, 0.1) is 22.1 Å².